The Morgan fingerprint density at radius 3 is 2.87 bits per heavy atom. The highest BCUT2D eigenvalue weighted by molar-refractivity contribution is 5.49. The zero-order valence-corrected chi connectivity index (χ0v) is 8.66. The van der Waals surface area contributed by atoms with Gasteiger partial charge in [0.1, 0.15) is 0 Å². The van der Waals surface area contributed by atoms with Gasteiger partial charge in [-0.15, -0.1) is 0 Å². The molecule has 2 aliphatic rings. The standard InChI is InChI=1S/C12H14O3/c1-12-3-2-8(15-12)4-7-5-10(13)11(14)6-9(7)12/h5-6,8,13-14H,2-4H2,1H3/t8-,12+/m1/s1. The van der Waals surface area contributed by atoms with Gasteiger partial charge in [0.15, 0.2) is 11.5 Å². The molecule has 2 atom stereocenters. The van der Waals surface area contributed by atoms with Crippen LogP contribution in [0.5, 0.6) is 11.5 Å². The first-order chi connectivity index (χ1) is 7.08. The molecule has 15 heavy (non-hydrogen) atoms. The molecule has 0 aliphatic carbocycles. The molecular formula is C12H14O3. The first-order valence-electron chi connectivity index (χ1n) is 5.32. The highest BCUT2D eigenvalue weighted by Crippen LogP contribution is 2.48. The van der Waals surface area contributed by atoms with Gasteiger partial charge in [0.2, 0.25) is 0 Å². The Balaban J connectivity index is 2.20. The van der Waals surface area contributed by atoms with Crippen LogP contribution in [0.25, 0.3) is 0 Å². The predicted octanol–water partition coefficient (Wildman–Crippen LogP) is 2.05. The molecule has 1 aromatic carbocycles. The maximum atomic E-state index is 9.51. The highest BCUT2D eigenvalue weighted by atomic mass is 16.5. The van der Waals surface area contributed by atoms with E-state index in [4.69, 9.17) is 4.74 Å². The normalized spacial score (nSPS) is 32.7. The van der Waals surface area contributed by atoms with E-state index < -0.39 is 0 Å². The van der Waals surface area contributed by atoms with Gasteiger partial charge in [0.05, 0.1) is 11.7 Å². The van der Waals surface area contributed by atoms with Gasteiger partial charge >= 0.3 is 0 Å². The van der Waals surface area contributed by atoms with Crippen LogP contribution in [0.4, 0.5) is 0 Å². The fourth-order valence-corrected chi connectivity index (χ4v) is 2.79. The van der Waals surface area contributed by atoms with Crippen LogP contribution >= 0.6 is 0 Å². The lowest BCUT2D eigenvalue weighted by Crippen LogP contribution is -2.29. The van der Waals surface area contributed by atoms with Crippen LogP contribution in [0.2, 0.25) is 0 Å². The molecule has 0 unspecified atom stereocenters. The molecular weight excluding hydrogens is 192 g/mol. The molecule has 1 saturated heterocycles. The average Bonchev–Trinajstić information content (AvgIpc) is 2.49. The van der Waals surface area contributed by atoms with Gasteiger partial charge in [0.25, 0.3) is 0 Å². The lowest BCUT2D eigenvalue weighted by molar-refractivity contribution is -0.0439. The summed E-state index contributed by atoms with van der Waals surface area (Å²) < 4.78 is 5.91. The number of hydrogen-bond acceptors (Lipinski definition) is 3. The Kier molecular flexibility index (Phi) is 1.61. The molecule has 2 bridgehead atoms. The molecule has 0 saturated carbocycles. The van der Waals surface area contributed by atoms with Gasteiger partial charge in [-0.05, 0) is 49.4 Å². The second-order valence-corrected chi connectivity index (χ2v) is 4.71. The first kappa shape index (κ1) is 9.04. The number of phenolic OH excluding ortho intramolecular Hbond substituents is 2. The number of rotatable bonds is 0. The quantitative estimate of drug-likeness (QED) is 0.639. The Bertz CT molecular complexity index is 427. The molecule has 1 aromatic rings. The second-order valence-electron chi connectivity index (χ2n) is 4.71. The Morgan fingerprint density at radius 2 is 2.07 bits per heavy atom. The van der Waals surface area contributed by atoms with Crippen LogP contribution in [-0.2, 0) is 16.8 Å². The van der Waals surface area contributed by atoms with Crippen molar-refractivity contribution in [1.29, 1.82) is 0 Å². The molecule has 3 rings (SSSR count). The van der Waals surface area contributed by atoms with Crippen LogP contribution < -0.4 is 0 Å². The maximum Gasteiger partial charge on any atom is 0.157 e. The molecule has 0 aromatic heterocycles. The predicted molar refractivity (Wildman–Crippen MR) is 54.9 cm³/mol. The average molecular weight is 206 g/mol. The van der Waals surface area contributed by atoms with Crippen molar-refractivity contribution < 1.29 is 14.9 Å². The van der Waals surface area contributed by atoms with Gasteiger partial charge in [-0.3, -0.25) is 0 Å². The topological polar surface area (TPSA) is 49.7 Å². The molecule has 3 heteroatoms. The van der Waals surface area contributed by atoms with E-state index in [1.54, 1.807) is 12.1 Å². The molecule has 3 nitrogen and oxygen atoms in total. The van der Waals surface area contributed by atoms with Crippen molar-refractivity contribution in [1.82, 2.24) is 0 Å². The van der Waals surface area contributed by atoms with Crippen molar-refractivity contribution in [3.05, 3.63) is 23.3 Å². The smallest absolute Gasteiger partial charge is 0.157 e. The molecule has 2 heterocycles. The van der Waals surface area contributed by atoms with Gasteiger partial charge in [-0.1, -0.05) is 0 Å². The van der Waals surface area contributed by atoms with Crippen molar-refractivity contribution in [2.75, 3.05) is 0 Å². The van der Waals surface area contributed by atoms with Crippen molar-refractivity contribution in [3.8, 4) is 11.5 Å². The Hall–Kier alpha value is -1.22. The number of aromatic hydroxyl groups is 2. The summed E-state index contributed by atoms with van der Waals surface area (Å²) in [6, 6.07) is 3.32. The summed E-state index contributed by atoms with van der Waals surface area (Å²) in [6.45, 7) is 2.06. The molecule has 0 spiro atoms. The van der Waals surface area contributed by atoms with Crippen LogP contribution in [0.1, 0.15) is 30.9 Å². The second kappa shape index (κ2) is 2.67. The molecule has 2 N–H and O–H groups in total. The lowest BCUT2D eigenvalue weighted by atomic mass is 9.88. The maximum absolute atomic E-state index is 9.51. The zero-order valence-electron chi connectivity index (χ0n) is 8.66. The van der Waals surface area contributed by atoms with E-state index >= 15 is 0 Å². The van der Waals surface area contributed by atoms with E-state index in [-0.39, 0.29) is 23.2 Å². The number of phenols is 2. The lowest BCUT2D eigenvalue weighted by Gasteiger charge is -2.32. The summed E-state index contributed by atoms with van der Waals surface area (Å²) in [6.07, 6.45) is 3.19. The van der Waals surface area contributed by atoms with Gasteiger partial charge in [-0.25, -0.2) is 0 Å². The Labute approximate surface area is 88.3 Å². The van der Waals surface area contributed by atoms with E-state index in [9.17, 15) is 10.2 Å². The van der Waals surface area contributed by atoms with Crippen LogP contribution in [-0.4, -0.2) is 16.3 Å². The number of fused-ring (bicyclic) bond motifs is 4. The Morgan fingerprint density at radius 1 is 1.33 bits per heavy atom. The van der Waals surface area contributed by atoms with E-state index in [0.29, 0.717) is 0 Å². The van der Waals surface area contributed by atoms with Gasteiger partial charge in [0, 0.05) is 0 Å². The number of benzene rings is 1. The molecule has 80 valence electrons. The molecule has 2 aliphatic heterocycles. The monoisotopic (exact) mass is 206 g/mol. The fraction of sp³-hybridized carbons (Fsp3) is 0.500. The minimum absolute atomic E-state index is 0.0290. The fourth-order valence-electron chi connectivity index (χ4n) is 2.79. The highest BCUT2D eigenvalue weighted by Gasteiger charge is 2.43. The summed E-state index contributed by atoms with van der Waals surface area (Å²) in [5.74, 6) is -0.0809. The third kappa shape index (κ3) is 1.16. The van der Waals surface area contributed by atoms with Crippen molar-refractivity contribution in [2.24, 2.45) is 0 Å². The minimum Gasteiger partial charge on any atom is -0.504 e. The number of hydrogen-bond donors (Lipinski definition) is 2. The largest absolute Gasteiger partial charge is 0.504 e. The zero-order chi connectivity index (χ0) is 10.6. The van der Waals surface area contributed by atoms with Gasteiger partial charge in [-0.2, -0.15) is 0 Å². The van der Waals surface area contributed by atoms with E-state index in [1.165, 1.54) is 0 Å². The third-order valence-electron chi connectivity index (χ3n) is 3.59. The van der Waals surface area contributed by atoms with Gasteiger partial charge < -0.3 is 14.9 Å². The molecule has 1 fully saturated rings. The summed E-state index contributed by atoms with van der Waals surface area (Å²) in [5.41, 5.74) is 1.89. The van der Waals surface area contributed by atoms with Crippen molar-refractivity contribution in [3.63, 3.8) is 0 Å². The first-order valence-corrected chi connectivity index (χ1v) is 5.32. The minimum atomic E-state index is -0.260. The summed E-state index contributed by atoms with van der Waals surface area (Å²) in [5, 5.41) is 19.0. The van der Waals surface area contributed by atoms with Crippen molar-refractivity contribution in [2.45, 2.75) is 37.9 Å². The van der Waals surface area contributed by atoms with E-state index in [0.717, 1.165) is 30.4 Å². The summed E-state index contributed by atoms with van der Waals surface area (Å²) >= 11 is 0. The molecule has 0 amide bonds. The third-order valence-corrected chi connectivity index (χ3v) is 3.59. The van der Waals surface area contributed by atoms with E-state index in [1.807, 2.05) is 0 Å². The van der Waals surface area contributed by atoms with Crippen LogP contribution in [0, 0.1) is 0 Å². The van der Waals surface area contributed by atoms with Crippen molar-refractivity contribution >= 4 is 0 Å². The van der Waals surface area contributed by atoms with E-state index in [2.05, 4.69) is 6.92 Å². The number of ether oxygens (including phenoxy) is 1. The summed E-state index contributed by atoms with van der Waals surface area (Å²) in [7, 11) is 0. The summed E-state index contributed by atoms with van der Waals surface area (Å²) in [4.78, 5) is 0. The molecule has 0 radical (unpaired) electrons. The van der Waals surface area contributed by atoms with Crippen LogP contribution in [0.15, 0.2) is 12.1 Å². The van der Waals surface area contributed by atoms with Crippen LogP contribution in [0.3, 0.4) is 0 Å². The SMILES string of the molecule is C[C@]12CC[C@H](Cc3cc(O)c(O)cc31)O2.